The first kappa shape index (κ1) is 14.8. The first-order valence-electron chi connectivity index (χ1n) is 7.11. The summed E-state index contributed by atoms with van der Waals surface area (Å²) in [5.74, 6) is 0. The number of aryl methyl sites for hydroxylation is 1. The number of nitrogens with two attached hydrogens (primary N) is 1. The highest BCUT2D eigenvalue weighted by Gasteiger charge is 2.20. The average molecular weight is 281 g/mol. The molecular weight excluding hydrogens is 258 g/mol. The van der Waals surface area contributed by atoms with Crippen LogP contribution in [0.3, 0.4) is 0 Å². The van der Waals surface area contributed by atoms with E-state index in [1.807, 2.05) is 11.8 Å². The summed E-state index contributed by atoms with van der Waals surface area (Å²) < 4.78 is 5.40. The van der Waals surface area contributed by atoms with E-state index in [1.165, 1.54) is 11.1 Å². The fraction of sp³-hybridized carbons (Fsp3) is 0.714. The second-order valence-corrected chi connectivity index (χ2v) is 6.04. The summed E-state index contributed by atoms with van der Waals surface area (Å²) in [4.78, 5) is 0. The molecule has 0 bridgehead atoms. The van der Waals surface area contributed by atoms with Crippen molar-refractivity contribution in [2.24, 2.45) is 5.73 Å². The summed E-state index contributed by atoms with van der Waals surface area (Å²) in [5.41, 5.74) is 9.55. The highest BCUT2D eigenvalue weighted by atomic mass is 32.2. The number of ether oxygens (including phenoxy) is 1. The molecule has 1 aromatic rings. The second kappa shape index (κ2) is 7.22. The monoisotopic (exact) mass is 281 g/mol. The Labute approximate surface area is 119 Å². The molecule has 1 fully saturated rings. The lowest BCUT2D eigenvalue weighted by Crippen LogP contribution is -2.19. The molecule has 0 radical (unpaired) electrons. The van der Waals surface area contributed by atoms with Gasteiger partial charge in [0.25, 0.3) is 0 Å². The van der Waals surface area contributed by atoms with Crippen LogP contribution in [0.5, 0.6) is 0 Å². The van der Waals surface area contributed by atoms with Gasteiger partial charge in [0, 0.05) is 30.6 Å². The number of hydrogen-bond donors (Lipinski definition) is 1. The molecule has 2 rings (SSSR count). The van der Waals surface area contributed by atoms with Gasteiger partial charge in [0.1, 0.15) is 5.03 Å². The summed E-state index contributed by atoms with van der Waals surface area (Å²) >= 11 is 1.83. The normalized spacial score (nSPS) is 16.8. The molecule has 5 heteroatoms. The van der Waals surface area contributed by atoms with E-state index in [4.69, 9.17) is 10.5 Å². The topological polar surface area (TPSA) is 61.0 Å². The summed E-state index contributed by atoms with van der Waals surface area (Å²) in [5, 5.41) is 10.4. The molecule has 0 aliphatic carbocycles. The van der Waals surface area contributed by atoms with Gasteiger partial charge in [0.2, 0.25) is 0 Å². The smallest absolute Gasteiger partial charge is 0.124 e. The van der Waals surface area contributed by atoms with Crippen molar-refractivity contribution in [2.45, 2.75) is 56.4 Å². The molecule has 0 amide bonds. The van der Waals surface area contributed by atoms with Crippen molar-refractivity contribution in [3.05, 3.63) is 16.8 Å². The molecule has 0 spiro atoms. The minimum atomic E-state index is 0.553. The van der Waals surface area contributed by atoms with E-state index < -0.39 is 0 Å². The van der Waals surface area contributed by atoms with Gasteiger partial charge < -0.3 is 10.5 Å². The Bertz CT molecular complexity index is 419. The third-order valence-electron chi connectivity index (χ3n) is 3.57. The number of nitrogens with zero attached hydrogens (tertiary/aromatic N) is 2. The lowest BCUT2D eigenvalue weighted by molar-refractivity contribution is 0.1000. The molecule has 1 aromatic heterocycles. The zero-order chi connectivity index (χ0) is 13.7. The van der Waals surface area contributed by atoms with Crippen LogP contribution in [-0.2, 0) is 24.1 Å². The Hall–Kier alpha value is -0.650. The Balaban J connectivity index is 2.23. The molecule has 0 unspecified atom stereocenters. The first-order valence-corrected chi connectivity index (χ1v) is 7.99. The van der Waals surface area contributed by atoms with E-state index in [9.17, 15) is 0 Å². The van der Waals surface area contributed by atoms with Gasteiger partial charge >= 0.3 is 0 Å². The van der Waals surface area contributed by atoms with Crippen LogP contribution in [-0.4, -0.2) is 28.7 Å². The maximum absolute atomic E-state index is 5.95. The summed E-state index contributed by atoms with van der Waals surface area (Å²) in [6.07, 6.45) is 4.08. The van der Waals surface area contributed by atoms with Crippen molar-refractivity contribution < 1.29 is 4.74 Å². The first-order chi connectivity index (χ1) is 9.30. The number of rotatable bonds is 5. The molecule has 19 heavy (non-hydrogen) atoms. The van der Waals surface area contributed by atoms with Crippen LogP contribution in [0.15, 0.2) is 5.03 Å². The minimum Gasteiger partial charge on any atom is -0.381 e. The van der Waals surface area contributed by atoms with Gasteiger partial charge in [-0.05, 0) is 31.2 Å². The van der Waals surface area contributed by atoms with Gasteiger partial charge in [0.05, 0.1) is 5.69 Å². The standard InChI is InChI=1S/C14H23N3OS/c1-3-11-12(9-15)14(17-16-13(11)4-2)19-10-5-7-18-8-6-10/h10H,3-9,15H2,1-2H3. The van der Waals surface area contributed by atoms with Crippen LogP contribution in [0, 0.1) is 0 Å². The van der Waals surface area contributed by atoms with Crippen LogP contribution in [0.2, 0.25) is 0 Å². The van der Waals surface area contributed by atoms with Gasteiger partial charge in [-0.15, -0.1) is 16.9 Å². The van der Waals surface area contributed by atoms with E-state index in [1.54, 1.807) is 0 Å². The fourth-order valence-corrected chi connectivity index (χ4v) is 3.67. The Kier molecular flexibility index (Phi) is 5.60. The van der Waals surface area contributed by atoms with Gasteiger partial charge in [-0.2, -0.15) is 5.10 Å². The lowest BCUT2D eigenvalue weighted by atomic mass is 10.0. The van der Waals surface area contributed by atoms with Crippen LogP contribution < -0.4 is 5.73 Å². The van der Waals surface area contributed by atoms with E-state index in [2.05, 4.69) is 24.0 Å². The summed E-state index contributed by atoms with van der Waals surface area (Å²) in [6, 6.07) is 0. The lowest BCUT2D eigenvalue weighted by Gasteiger charge is -2.22. The van der Waals surface area contributed by atoms with Crippen molar-refractivity contribution in [2.75, 3.05) is 13.2 Å². The van der Waals surface area contributed by atoms with Gasteiger partial charge in [-0.3, -0.25) is 0 Å². The molecule has 0 atom stereocenters. The van der Waals surface area contributed by atoms with Crippen LogP contribution >= 0.6 is 11.8 Å². The van der Waals surface area contributed by atoms with Crippen molar-refractivity contribution >= 4 is 11.8 Å². The van der Waals surface area contributed by atoms with Crippen molar-refractivity contribution in [1.82, 2.24) is 10.2 Å². The zero-order valence-corrected chi connectivity index (χ0v) is 12.6. The predicted molar refractivity (Wildman–Crippen MR) is 78.4 cm³/mol. The number of aromatic nitrogens is 2. The van der Waals surface area contributed by atoms with E-state index in [0.717, 1.165) is 49.6 Å². The van der Waals surface area contributed by atoms with Gasteiger partial charge in [0.15, 0.2) is 0 Å². The minimum absolute atomic E-state index is 0.553. The van der Waals surface area contributed by atoms with Crippen LogP contribution in [0.4, 0.5) is 0 Å². The molecule has 1 aliphatic heterocycles. The molecule has 1 saturated heterocycles. The van der Waals surface area contributed by atoms with Crippen molar-refractivity contribution in [1.29, 1.82) is 0 Å². The number of thioether (sulfide) groups is 1. The summed E-state index contributed by atoms with van der Waals surface area (Å²) in [6.45, 7) is 6.55. The van der Waals surface area contributed by atoms with Crippen LogP contribution in [0.1, 0.15) is 43.5 Å². The van der Waals surface area contributed by atoms with Crippen molar-refractivity contribution in [3.8, 4) is 0 Å². The third kappa shape index (κ3) is 3.46. The zero-order valence-electron chi connectivity index (χ0n) is 11.8. The van der Waals surface area contributed by atoms with E-state index in [0.29, 0.717) is 11.8 Å². The van der Waals surface area contributed by atoms with E-state index >= 15 is 0 Å². The SMILES string of the molecule is CCc1nnc(SC2CCOCC2)c(CN)c1CC. The molecule has 0 saturated carbocycles. The largest absolute Gasteiger partial charge is 0.381 e. The second-order valence-electron chi connectivity index (χ2n) is 4.75. The highest BCUT2D eigenvalue weighted by molar-refractivity contribution is 7.99. The molecule has 106 valence electrons. The molecule has 1 aliphatic rings. The molecular formula is C14H23N3OS. The maximum Gasteiger partial charge on any atom is 0.124 e. The quantitative estimate of drug-likeness (QED) is 0.897. The molecule has 0 aromatic carbocycles. The Morgan fingerprint density at radius 3 is 2.47 bits per heavy atom. The van der Waals surface area contributed by atoms with Gasteiger partial charge in [-0.1, -0.05) is 13.8 Å². The summed E-state index contributed by atoms with van der Waals surface area (Å²) in [7, 11) is 0. The third-order valence-corrected chi connectivity index (χ3v) is 4.93. The average Bonchev–Trinajstić information content (AvgIpc) is 2.47. The Morgan fingerprint density at radius 2 is 1.89 bits per heavy atom. The number of hydrogen-bond acceptors (Lipinski definition) is 5. The predicted octanol–water partition coefficient (Wildman–Crippen LogP) is 2.33. The van der Waals surface area contributed by atoms with Crippen LogP contribution in [0.25, 0.3) is 0 Å². The molecule has 2 heterocycles. The molecule has 4 nitrogen and oxygen atoms in total. The van der Waals surface area contributed by atoms with Gasteiger partial charge in [-0.25, -0.2) is 0 Å². The fourth-order valence-electron chi connectivity index (χ4n) is 2.49. The van der Waals surface area contributed by atoms with E-state index in [-0.39, 0.29) is 0 Å². The van der Waals surface area contributed by atoms with Crippen molar-refractivity contribution in [3.63, 3.8) is 0 Å². The highest BCUT2D eigenvalue weighted by Crippen LogP contribution is 2.32. The molecule has 2 N–H and O–H groups in total. The Morgan fingerprint density at radius 1 is 1.16 bits per heavy atom. The maximum atomic E-state index is 5.95.